The lowest BCUT2D eigenvalue weighted by Crippen LogP contribution is -2.46. The lowest BCUT2D eigenvalue weighted by atomic mass is 10.1. The molecule has 1 rings (SSSR count). The van der Waals surface area contributed by atoms with E-state index in [2.05, 4.69) is 0 Å². The van der Waals surface area contributed by atoms with Crippen LogP contribution in [-0.4, -0.2) is 41.1 Å². The summed E-state index contributed by atoms with van der Waals surface area (Å²) in [6.45, 7) is 6.14. The van der Waals surface area contributed by atoms with E-state index in [9.17, 15) is 13.6 Å². The Labute approximate surface area is 100 Å². The summed E-state index contributed by atoms with van der Waals surface area (Å²) in [5, 5.41) is 0. The molecule has 1 saturated heterocycles. The fraction of sp³-hybridized carbons (Fsp3) is 0.909. The van der Waals surface area contributed by atoms with Crippen molar-refractivity contribution in [3.8, 4) is 0 Å². The van der Waals surface area contributed by atoms with Gasteiger partial charge in [-0.3, -0.25) is 4.90 Å². The number of halogens is 2. The van der Waals surface area contributed by atoms with E-state index in [1.807, 2.05) is 0 Å². The highest BCUT2D eigenvalue weighted by Gasteiger charge is 2.54. The summed E-state index contributed by atoms with van der Waals surface area (Å²) in [7, 11) is 0. The molecule has 0 radical (unpaired) electrons. The van der Waals surface area contributed by atoms with Crippen molar-refractivity contribution < 1.29 is 18.3 Å². The van der Waals surface area contributed by atoms with Gasteiger partial charge in [-0.15, -0.1) is 0 Å². The second-order valence-corrected chi connectivity index (χ2v) is 5.37. The van der Waals surface area contributed by atoms with E-state index in [4.69, 9.17) is 10.5 Å². The Balaban J connectivity index is 2.81. The number of likely N-dealkylation sites (tertiary alicyclic amines) is 1. The Morgan fingerprint density at radius 2 is 2.06 bits per heavy atom. The van der Waals surface area contributed by atoms with Gasteiger partial charge in [0.15, 0.2) is 0 Å². The van der Waals surface area contributed by atoms with Crippen LogP contribution in [0.1, 0.15) is 34.1 Å². The van der Waals surface area contributed by atoms with Crippen molar-refractivity contribution in [2.24, 2.45) is 5.73 Å². The second kappa shape index (κ2) is 4.40. The summed E-state index contributed by atoms with van der Waals surface area (Å²) in [4.78, 5) is 12.8. The minimum absolute atomic E-state index is 0.385. The molecule has 2 atom stereocenters. The maximum Gasteiger partial charge on any atom is 0.410 e. The molecule has 0 aromatic heterocycles. The first kappa shape index (κ1) is 14.2. The number of carbonyl (C=O) groups excluding carboxylic acids is 1. The second-order valence-electron chi connectivity index (χ2n) is 5.37. The molecule has 1 aliphatic rings. The van der Waals surface area contributed by atoms with E-state index in [0.717, 1.165) is 4.90 Å². The maximum atomic E-state index is 13.4. The number of rotatable bonds is 1. The van der Waals surface area contributed by atoms with Crippen molar-refractivity contribution in [2.75, 3.05) is 6.54 Å². The zero-order chi connectivity index (χ0) is 13.4. The van der Waals surface area contributed by atoms with Crippen LogP contribution in [0.2, 0.25) is 0 Å². The van der Waals surface area contributed by atoms with Gasteiger partial charge in [0.25, 0.3) is 5.92 Å². The summed E-state index contributed by atoms with van der Waals surface area (Å²) < 4.78 is 32.0. The molecule has 6 heteroatoms. The van der Waals surface area contributed by atoms with Crippen LogP contribution in [0.4, 0.5) is 13.6 Å². The molecule has 1 aliphatic heterocycles. The first-order valence-electron chi connectivity index (χ1n) is 5.71. The van der Waals surface area contributed by atoms with E-state index >= 15 is 0 Å². The molecule has 0 aromatic carbocycles. The third kappa shape index (κ3) is 3.06. The first-order chi connectivity index (χ1) is 7.58. The average molecular weight is 250 g/mol. The van der Waals surface area contributed by atoms with Gasteiger partial charge in [0.1, 0.15) is 5.60 Å². The standard InChI is InChI=1S/C11H20F2N2O2/c1-5-7-8(14)11(12,13)6-15(7)9(16)17-10(2,3)4/h7-8H,5-6,14H2,1-4H3. The van der Waals surface area contributed by atoms with E-state index in [1.54, 1.807) is 27.7 Å². The minimum atomic E-state index is -3.04. The van der Waals surface area contributed by atoms with Gasteiger partial charge < -0.3 is 10.5 Å². The molecule has 0 bridgehead atoms. The number of nitrogens with two attached hydrogens (primary N) is 1. The number of ether oxygens (including phenoxy) is 1. The van der Waals surface area contributed by atoms with Gasteiger partial charge in [-0.1, -0.05) is 6.92 Å². The number of nitrogens with zero attached hydrogens (tertiary/aromatic N) is 1. The summed E-state index contributed by atoms with van der Waals surface area (Å²) in [5.74, 6) is -3.04. The number of hydrogen-bond acceptors (Lipinski definition) is 3. The Morgan fingerprint density at radius 1 is 1.53 bits per heavy atom. The first-order valence-corrected chi connectivity index (χ1v) is 5.71. The molecular weight excluding hydrogens is 230 g/mol. The third-order valence-electron chi connectivity index (χ3n) is 2.73. The Morgan fingerprint density at radius 3 is 2.47 bits per heavy atom. The van der Waals surface area contributed by atoms with Crippen molar-refractivity contribution in [3.63, 3.8) is 0 Å². The van der Waals surface area contributed by atoms with Gasteiger partial charge in [-0.25, -0.2) is 13.6 Å². The van der Waals surface area contributed by atoms with Gasteiger partial charge in [-0.2, -0.15) is 0 Å². The third-order valence-corrected chi connectivity index (χ3v) is 2.73. The van der Waals surface area contributed by atoms with Gasteiger partial charge in [0, 0.05) is 0 Å². The molecule has 0 spiro atoms. The highest BCUT2D eigenvalue weighted by Crippen LogP contribution is 2.33. The molecule has 100 valence electrons. The van der Waals surface area contributed by atoms with Crippen LogP contribution in [0.3, 0.4) is 0 Å². The predicted molar refractivity (Wildman–Crippen MR) is 59.9 cm³/mol. The van der Waals surface area contributed by atoms with Crippen LogP contribution in [0.15, 0.2) is 0 Å². The van der Waals surface area contributed by atoms with Crippen molar-refractivity contribution >= 4 is 6.09 Å². The van der Waals surface area contributed by atoms with Crippen molar-refractivity contribution in [2.45, 2.75) is 57.7 Å². The highest BCUT2D eigenvalue weighted by atomic mass is 19.3. The van der Waals surface area contributed by atoms with Crippen LogP contribution < -0.4 is 5.73 Å². The van der Waals surface area contributed by atoms with Crippen LogP contribution in [0.25, 0.3) is 0 Å². The molecule has 0 saturated carbocycles. The number of alkyl halides is 2. The lowest BCUT2D eigenvalue weighted by molar-refractivity contribution is -0.00942. The molecule has 2 unspecified atom stereocenters. The Hall–Kier alpha value is -0.910. The van der Waals surface area contributed by atoms with E-state index in [1.165, 1.54) is 0 Å². The molecule has 0 aromatic rings. The minimum Gasteiger partial charge on any atom is -0.444 e. The van der Waals surface area contributed by atoms with Crippen molar-refractivity contribution in [1.29, 1.82) is 0 Å². The summed E-state index contributed by atoms with van der Waals surface area (Å²) in [6, 6.07) is -1.99. The highest BCUT2D eigenvalue weighted by molar-refractivity contribution is 5.69. The van der Waals surface area contributed by atoms with Crippen LogP contribution in [0, 0.1) is 0 Å². The normalized spacial score (nSPS) is 28.3. The molecule has 1 amide bonds. The predicted octanol–water partition coefficient (Wildman–Crippen LogP) is 1.98. The van der Waals surface area contributed by atoms with Crippen LogP contribution in [0.5, 0.6) is 0 Å². The number of amides is 1. The molecule has 0 aliphatic carbocycles. The van der Waals surface area contributed by atoms with E-state index < -0.39 is 36.2 Å². The SMILES string of the molecule is CCC1C(N)C(F)(F)CN1C(=O)OC(C)(C)C. The van der Waals surface area contributed by atoms with E-state index in [-0.39, 0.29) is 0 Å². The van der Waals surface area contributed by atoms with Gasteiger partial charge in [0.2, 0.25) is 0 Å². The van der Waals surface area contributed by atoms with Crippen LogP contribution >= 0.6 is 0 Å². The summed E-state index contributed by atoms with van der Waals surface area (Å²) >= 11 is 0. The van der Waals surface area contributed by atoms with Crippen LogP contribution in [-0.2, 0) is 4.74 Å². The summed E-state index contributed by atoms with van der Waals surface area (Å²) in [6.07, 6.45) is -0.340. The molecule has 4 nitrogen and oxygen atoms in total. The van der Waals surface area contributed by atoms with Gasteiger partial charge >= 0.3 is 6.09 Å². The fourth-order valence-corrected chi connectivity index (χ4v) is 1.92. The molecule has 2 N–H and O–H groups in total. The summed E-state index contributed by atoms with van der Waals surface area (Å²) in [5.41, 5.74) is 4.76. The fourth-order valence-electron chi connectivity index (χ4n) is 1.92. The monoisotopic (exact) mass is 250 g/mol. The molecule has 1 heterocycles. The van der Waals surface area contributed by atoms with Gasteiger partial charge in [-0.05, 0) is 27.2 Å². The average Bonchev–Trinajstić information content (AvgIpc) is 2.36. The van der Waals surface area contributed by atoms with Crippen molar-refractivity contribution in [1.82, 2.24) is 4.90 Å². The Bertz CT molecular complexity index is 302. The number of carbonyl (C=O) groups is 1. The maximum absolute atomic E-state index is 13.4. The topological polar surface area (TPSA) is 55.6 Å². The van der Waals surface area contributed by atoms with Gasteiger partial charge in [0.05, 0.1) is 18.6 Å². The quantitative estimate of drug-likeness (QED) is 0.774. The molecular formula is C11H20F2N2O2. The lowest BCUT2D eigenvalue weighted by Gasteiger charge is -2.28. The smallest absolute Gasteiger partial charge is 0.410 e. The zero-order valence-electron chi connectivity index (χ0n) is 10.7. The largest absolute Gasteiger partial charge is 0.444 e. The Kier molecular flexibility index (Phi) is 3.66. The van der Waals surface area contributed by atoms with E-state index in [0.29, 0.717) is 6.42 Å². The zero-order valence-corrected chi connectivity index (χ0v) is 10.7. The molecule has 1 fully saturated rings. The van der Waals surface area contributed by atoms with Crippen molar-refractivity contribution in [3.05, 3.63) is 0 Å². The molecule has 17 heavy (non-hydrogen) atoms. The number of hydrogen-bond donors (Lipinski definition) is 1.